The van der Waals surface area contributed by atoms with Crippen LogP contribution in [0.15, 0.2) is 24.3 Å². The third-order valence-corrected chi connectivity index (χ3v) is 5.13. The summed E-state index contributed by atoms with van der Waals surface area (Å²) in [6, 6.07) is 5.82. The van der Waals surface area contributed by atoms with Gasteiger partial charge in [0.2, 0.25) is 17.8 Å². The van der Waals surface area contributed by atoms with E-state index in [0.29, 0.717) is 31.1 Å². The molecule has 0 radical (unpaired) electrons. The molecule has 5 N–H and O–H groups in total. The minimum absolute atomic E-state index is 0.0606. The van der Waals surface area contributed by atoms with Crippen LogP contribution >= 0.6 is 0 Å². The molecule has 1 aliphatic heterocycles. The summed E-state index contributed by atoms with van der Waals surface area (Å²) in [4.78, 5) is 39.1. The van der Waals surface area contributed by atoms with E-state index in [1.165, 1.54) is 12.1 Å². The molecule has 1 unspecified atom stereocenters. The van der Waals surface area contributed by atoms with Crippen LogP contribution in [0.25, 0.3) is 0 Å². The van der Waals surface area contributed by atoms with Crippen LogP contribution < -0.4 is 21.7 Å². The van der Waals surface area contributed by atoms with Crippen molar-refractivity contribution < 1.29 is 18.7 Å². The van der Waals surface area contributed by atoms with Crippen LogP contribution in [0.2, 0.25) is 0 Å². The van der Waals surface area contributed by atoms with Crippen LogP contribution in [0, 0.1) is 11.7 Å². The summed E-state index contributed by atoms with van der Waals surface area (Å²) in [7, 11) is 0. The second-order valence-corrected chi connectivity index (χ2v) is 9.36. The Morgan fingerprint density at radius 2 is 1.86 bits per heavy atom. The monoisotopic (exact) mass is 488 g/mol. The zero-order valence-corrected chi connectivity index (χ0v) is 20.3. The van der Waals surface area contributed by atoms with Gasteiger partial charge < -0.3 is 26.4 Å². The molecule has 11 nitrogen and oxygen atoms in total. The van der Waals surface area contributed by atoms with Crippen molar-refractivity contribution in [1.82, 2.24) is 30.5 Å². The lowest BCUT2D eigenvalue weighted by atomic mass is 9.97. The minimum Gasteiger partial charge on any atom is -0.444 e. The SMILES string of the molecule is CC(C)(C)OC(=O)NCCNC(=O)C1CCCN(Cc2nc(N)nc(Nc3ccc(F)cc3)n2)C1. The fraction of sp³-hybridized carbons (Fsp3) is 0.522. The zero-order chi connectivity index (χ0) is 25.4. The first-order valence-electron chi connectivity index (χ1n) is 11.6. The number of likely N-dealkylation sites (tertiary alicyclic amines) is 1. The summed E-state index contributed by atoms with van der Waals surface area (Å²) in [6.07, 6.45) is 1.12. The van der Waals surface area contributed by atoms with Gasteiger partial charge in [0.25, 0.3) is 0 Å². The molecular weight excluding hydrogens is 455 g/mol. The second kappa shape index (κ2) is 11.7. The highest BCUT2D eigenvalue weighted by atomic mass is 19.1. The van der Waals surface area contributed by atoms with E-state index in [0.717, 1.165) is 19.4 Å². The number of benzene rings is 1. The topological polar surface area (TPSA) is 147 Å². The van der Waals surface area contributed by atoms with E-state index in [2.05, 4.69) is 35.8 Å². The van der Waals surface area contributed by atoms with Crippen LogP contribution in [-0.4, -0.2) is 63.6 Å². The van der Waals surface area contributed by atoms with Crippen LogP contribution in [0.1, 0.15) is 39.4 Å². The summed E-state index contributed by atoms with van der Waals surface area (Å²) in [5.41, 5.74) is 5.91. The average Bonchev–Trinajstić information content (AvgIpc) is 2.77. The third-order valence-electron chi connectivity index (χ3n) is 5.13. The number of rotatable bonds is 8. The molecule has 2 heterocycles. The average molecular weight is 489 g/mol. The van der Waals surface area contributed by atoms with Gasteiger partial charge in [0.15, 0.2) is 0 Å². The van der Waals surface area contributed by atoms with E-state index in [1.807, 2.05) is 0 Å². The fourth-order valence-corrected chi connectivity index (χ4v) is 3.65. The van der Waals surface area contributed by atoms with Crippen molar-refractivity contribution in [3.8, 4) is 0 Å². The Morgan fingerprint density at radius 1 is 1.14 bits per heavy atom. The molecule has 1 aromatic heterocycles. The number of halogens is 1. The fourth-order valence-electron chi connectivity index (χ4n) is 3.65. The Kier molecular flexibility index (Phi) is 8.74. The maximum atomic E-state index is 13.1. The molecule has 1 fully saturated rings. The number of carbonyl (C=O) groups is 2. The van der Waals surface area contributed by atoms with E-state index in [9.17, 15) is 14.0 Å². The van der Waals surface area contributed by atoms with Crippen LogP contribution in [0.4, 0.5) is 26.8 Å². The van der Waals surface area contributed by atoms with E-state index in [-0.39, 0.29) is 36.1 Å². The highest BCUT2D eigenvalue weighted by Gasteiger charge is 2.26. The molecule has 190 valence electrons. The standard InChI is InChI=1S/C23H33FN8O3/c1-23(2,3)35-22(34)27-11-10-26-19(33)15-5-4-12-32(13-15)14-18-29-20(25)31-21(30-18)28-17-8-6-16(24)7-9-17/h6-9,15H,4-5,10-14H2,1-3H3,(H,26,33)(H,27,34)(H3,25,28,29,30,31). The van der Waals surface area contributed by atoms with Gasteiger partial charge in [-0.3, -0.25) is 9.69 Å². The van der Waals surface area contributed by atoms with Crippen molar-refractivity contribution in [2.45, 2.75) is 45.8 Å². The summed E-state index contributed by atoms with van der Waals surface area (Å²) in [6.45, 7) is 7.73. The van der Waals surface area contributed by atoms with Gasteiger partial charge in [-0.05, 0) is 64.4 Å². The lowest BCUT2D eigenvalue weighted by molar-refractivity contribution is -0.126. The Bertz CT molecular complexity index is 1010. The molecule has 12 heteroatoms. The summed E-state index contributed by atoms with van der Waals surface area (Å²) < 4.78 is 18.3. The van der Waals surface area contributed by atoms with E-state index in [1.54, 1.807) is 32.9 Å². The first-order valence-corrected chi connectivity index (χ1v) is 11.6. The van der Waals surface area contributed by atoms with Gasteiger partial charge in [-0.25, -0.2) is 9.18 Å². The van der Waals surface area contributed by atoms with Crippen molar-refractivity contribution in [1.29, 1.82) is 0 Å². The number of aromatic nitrogens is 3. The van der Waals surface area contributed by atoms with E-state index >= 15 is 0 Å². The number of carbonyl (C=O) groups excluding carboxylic acids is 2. The van der Waals surface area contributed by atoms with Gasteiger partial charge in [-0.15, -0.1) is 0 Å². The lowest BCUT2D eigenvalue weighted by Crippen LogP contribution is -2.45. The second-order valence-electron chi connectivity index (χ2n) is 9.36. The molecular formula is C23H33FN8O3. The zero-order valence-electron chi connectivity index (χ0n) is 20.3. The van der Waals surface area contributed by atoms with Gasteiger partial charge in [0, 0.05) is 25.3 Å². The number of nitrogens with one attached hydrogen (secondary N) is 3. The van der Waals surface area contributed by atoms with Crippen LogP contribution in [-0.2, 0) is 16.1 Å². The molecule has 3 rings (SSSR count). The molecule has 0 bridgehead atoms. The van der Waals surface area contributed by atoms with Gasteiger partial charge in [-0.2, -0.15) is 15.0 Å². The molecule has 1 aliphatic rings. The van der Waals surface area contributed by atoms with Gasteiger partial charge in [0.1, 0.15) is 17.2 Å². The molecule has 1 aromatic carbocycles. The van der Waals surface area contributed by atoms with Crippen LogP contribution in [0.5, 0.6) is 0 Å². The minimum atomic E-state index is -0.570. The Labute approximate surface area is 204 Å². The Balaban J connectivity index is 1.48. The van der Waals surface area contributed by atoms with E-state index < -0.39 is 11.7 Å². The summed E-state index contributed by atoms with van der Waals surface area (Å²) in [5.74, 6) is 0.237. The number of hydrogen-bond donors (Lipinski definition) is 4. The highest BCUT2D eigenvalue weighted by Crippen LogP contribution is 2.19. The van der Waals surface area contributed by atoms with Gasteiger partial charge in [0.05, 0.1) is 12.5 Å². The Morgan fingerprint density at radius 3 is 2.57 bits per heavy atom. The number of nitrogen functional groups attached to an aromatic ring is 1. The normalized spacial score (nSPS) is 16.4. The van der Waals surface area contributed by atoms with E-state index in [4.69, 9.17) is 10.5 Å². The quantitative estimate of drug-likeness (QED) is 0.410. The van der Waals surface area contributed by atoms with Gasteiger partial charge in [-0.1, -0.05) is 0 Å². The predicted octanol–water partition coefficient (Wildman–Crippen LogP) is 2.19. The van der Waals surface area contributed by atoms with Crippen molar-refractivity contribution >= 4 is 29.6 Å². The number of nitrogens with two attached hydrogens (primary N) is 1. The number of hydrogen-bond acceptors (Lipinski definition) is 9. The number of ether oxygens (including phenoxy) is 1. The molecule has 2 aromatic rings. The Hall–Kier alpha value is -3.54. The largest absolute Gasteiger partial charge is 0.444 e. The molecule has 0 aliphatic carbocycles. The van der Waals surface area contributed by atoms with Crippen molar-refractivity contribution in [2.75, 3.05) is 37.2 Å². The van der Waals surface area contributed by atoms with Crippen molar-refractivity contribution in [3.05, 3.63) is 35.9 Å². The maximum Gasteiger partial charge on any atom is 0.407 e. The predicted molar refractivity (Wildman–Crippen MR) is 129 cm³/mol. The number of alkyl carbamates (subject to hydrolysis) is 1. The first-order chi connectivity index (χ1) is 16.6. The lowest BCUT2D eigenvalue weighted by Gasteiger charge is -2.31. The number of nitrogens with zero attached hydrogens (tertiary/aromatic N) is 4. The summed E-state index contributed by atoms with van der Waals surface area (Å²) in [5, 5.41) is 8.49. The molecule has 1 saturated heterocycles. The molecule has 0 spiro atoms. The number of anilines is 3. The molecule has 0 saturated carbocycles. The third kappa shape index (κ3) is 8.96. The van der Waals surface area contributed by atoms with Gasteiger partial charge >= 0.3 is 6.09 Å². The molecule has 35 heavy (non-hydrogen) atoms. The van der Waals surface area contributed by atoms with Crippen molar-refractivity contribution in [3.63, 3.8) is 0 Å². The number of piperidine rings is 1. The first kappa shape index (κ1) is 26.1. The summed E-state index contributed by atoms with van der Waals surface area (Å²) >= 11 is 0. The molecule has 2 amide bonds. The smallest absolute Gasteiger partial charge is 0.407 e. The molecule has 1 atom stereocenters. The maximum absolute atomic E-state index is 13.1. The number of amides is 2. The highest BCUT2D eigenvalue weighted by molar-refractivity contribution is 5.79. The van der Waals surface area contributed by atoms with Crippen molar-refractivity contribution in [2.24, 2.45) is 5.92 Å². The van der Waals surface area contributed by atoms with Crippen LogP contribution in [0.3, 0.4) is 0 Å².